The van der Waals surface area contributed by atoms with Crippen molar-refractivity contribution < 1.29 is 19.4 Å². The Hall–Kier alpha value is -3.87. The number of fused-ring (bicyclic) bond motifs is 2. The number of nitrogens with one attached hydrogen (secondary N) is 1. The molecule has 0 saturated carbocycles. The van der Waals surface area contributed by atoms with Crippen LogP contribution in [0, 0.1) is 13.8 Å². The third kappa shape index (κ3) is 3.67. The van der Waals surface area contributed by atoms with Gasteiger partial charge < -0.3 is 20.1 Å². The largest absolute Gasteiger partial charge is 0.491 e. The van der Waals surface area contributed by atoms with E-state index in [1.54, 1.807) is 12.1 Å². The lowest BCUT2D eigenvalue weighted by Crippen LogP contribution is -2.43. The number of carboxylic acid groups (broad SMARTS) is 1. The fraction of sp³-hybridized carbons (Fsp3) is 0.296. The van der Waals surface area contributed by atoms with Gasteiger partial charge in [0.2, 0.25) is 0 Å². The molecule has 7 nitrogen and oxygen atoms in total. The van der Waals surface area contributed by atoms with Crippen molar-refractivity contribution in [2.75, 3.05) is 11.9 Å². The second kappa shape index (κ2) is 8.48. The van der Waals surface area contributed by atoms with E-state index in [4.69, 9.17) is 4.74 Å². The summed E-state index contributed by atoms with van der Waals surface area (Å²) >= 11 is 0. The average Bonchev–Trinajstić information content (AvgIpc) is 3.15. The summed E-state index contributed by atoms with van der Waals surface area (Å²) in [5.41, 5.74) is 6.42. The van der Waals surface area contributed by atoms with Crippen molar-refractivity contribution >= 4 is 17.6 Å². The number of anilines is 1. The van der Waals surface area contributed by atoms with Gasteiger partial charge in [0, 0.05) is 24.3 Å². The van der Waals surface area contributed by atoms with Crippen LogP contribution in [0.15, 0.2) is 48.7 Å². The molecular weight excluding hydrogens is 430 g/mol. The van der Waals surface area contributed by atoms with Crippen LogP contribution in [-0.4, -0.2) is 39.5 Å². The molecule has 7 heteroatoms. The molecule has 34 heavy (non-hydrogen) atoms. The van der Waals surface area contributed by atoms with Gasteiger partial charge in [-0.05, 0) is 79.3 Å². The second-order valence-electron chi connectivity index (χ2n) is 9.04. The summed E-state index contributed by atoms with van der Waals surface area (Å²) in [6.45, 7) is 7.03. The second-order valence-corrected chi connectivity index (χ2v) is 9.04. The molecule has 0 aliphatic carbocycles. The highest BCUT2D eigenvalue weighted by atomic mass is 16.5. The maximum atomic E-state index is 13.5. The van der Waals surface area contributed by atoms with Crippen LogP contribution in [0.1, 0.15) is 61.6 Å². The van der Waals surface area contributed by atoms with Gasteiger partial charge >= 0.3 is 5.97 Å². The molecule has 2 atom stereocenters. The highest BCUT2D eigenvalue weighted by molar-refractivity contribution is 5.99. The first-order valence-corrected chi connectivity index (χ1v) is 11.4. The Morgan fingerprint density at radius 3 is 2.82 bits per heavy atom. The van der Waals surface area contributed by atoms with Gasteiger partial charge in [-0.2, -0.15) is 0 Å². The van der Waals surface area contributed by atoms with Gasteiger partial charge in [-0.3, -0.25) is 4.79 Å². The molecule has 0 fully saturated rings. The number of pyridine rings is 1. The van der Waals surface area contributed by atoms with E-state index in [1.165, 1.54) is 6.20 Å². The summed E-state index contributed by atoms with van der Waals surface area (Å²) in [6.07, 6.45) is 2.23. The summed E-state index contributed by atoms with van der Waals surface area (Å²) in [6, 6.07) is 13.1. The van der Waals surface area contributed by atoms with Crippen LogP contribution in [-0.2, 0) is 13.0 Å². The van der Waals surface area contributed by atoms with Gasteiger partial charge in [0.05, 0.1) is 11.7 Å². The van der Waals surface area contributed by atoms with Crippen molar-refractivity contribution in [3.8, 4) is 5.75 Å². The molecule has 0 bridgehead atoms. The number of benzene rings is 2. The zero-order valence-corrected chi connectivity index (χ0v) is 19.5. The minimum absolute atomic E-state index is 0.0205. The first-order valence-electron chi connectivity index (χ1n) is 11.4. The molecule has 2 N–H and O–H groups in total. The topological polar surface area (TPSA) is 91.8 Å². The molecule has 2 unspecified atom stereocenters. The molecule has 1 amide bonds. The maximum absolute atomic E-state index is 13.5. The van der Waals surface area contributed by atoms with E-state index in [9.17, 15) is 14.7 Å². The van der Waals surface area contributed by atoms with Crippen LogP contribution in [0.4, 0.5) is 5.69 Å². The average molecular weight is 458 g/mol. The molecule has 5 rings (SSSR count). The number of nitrogens with zero attached hydrogens (tertiary/aromatic N) is 2. The highest BCUT2D eigenvalue weighted by Crippen LogP contribution is 2.38. The van der Waals surface area contributed by atoms with E-state index in [-0.39, 0.29) is 23.7 Å². The number of carboxylic acids is 1. The number of para-hydroxylation sites is 1. The Labute approximate surface area is 198 Å². The summed E-state index contributed by atoms with van der Waals surface area (Å²) in [4.78, 5) is 31.1. The number of rotatable bonds is 5. The molecule has 0 radical (unpaired) electrons. The Bertz CT molecular complexity index is 1300. The molecule has 0 saturated heterocycles. The molecule has 2 aromatic carbocycles. The Balaban J connectivity index is 1.47. The normalized spacial score (nSPS) is 17.6. The lowest BCUT2D eigenvalue weighted by molar-refractivity contribution is 0.0611. The molecule has 3 aromatic rings. The molecule has 1 aromatic heterocycles. The fourth-order valence-electron chi connectivity index (χ4n) is 5.14. The third-order valence-corrected chi connectivity index (χ3v) is 6.94. The third-order valence-electron chi connectivity index (χ3n) is 6.94. The van der Waals surface area contributed by atoms with E-state index in [0.717, 1.165) is 45.6 Å². The lowest BCUT2D eigenvalue weighted by Gasteiger charge is -2.32. The number of hydrogen-bond donors (Lipinski definition) is 2. The van der Waals surface area contributed by atoms with Crippen molar-refractivity contribution in [3.63, 3.8) is 0 Å². The van der Waals surface area contributed by atoms with Gasteiger partial charge in [0.25, 0.3) is 5.91 Å². The molecule has 2 aliphatic heterocycles. The van der Waals surface area contributed by atoms with Gasteiger partial charge in [-0.1, -0.05) is 18.2 Å². The van der Waals surface area contributed by atoms with Crippen LogP contribution in [0.3, 0.4) is 0 Å². The van der Waals surface area contributed by atoms with E-state index >= 15 is 0 Å². The van der Waals surface area contributed by atoms with Crippen molar-refractivity contribution in [2.24, 2.45) is 0 Å². The van der Waals surface area contributed by atoms with Crippen LogP contribution in [0.5, 0.6) is 5.75 Å². The number of ether oxygens (including phenoxy) is 1. The highest BCUT2D eigenvalue weighted by Gasteiger charge is 2.38. The van der Waals surface area contributed by atoms with Gasteiger partial charge in [-0.15, -0.1) is 0 Å². The predicted octanol–water partition coefficient (Wildman–Crippen LogP) is 4.53. The number of carbonyl (C=O) groups is 2. The standard InChI is InChI=1S/C27H27N3O4/c1-15-11-20-21(13-30(26(20)31)19-12-18-7-4-5-9-23(18)34-14-19)24(16(15)2)17(3)29-22-8-6-10-28-25(22)27(32)33/h4-11,17,19,29H,12-14H2,1-3H3,(H,32,33). The summed E-state index contributed by atoms with van der Waals surface area (Å²) in [7, 11) is 0. The quantitative estimate of drug-likeness (QED) is 0.585. The van der Waals surface area contributed by atoms with E-state index < -0.39 is 5.97 Å². The van der Waals surface area contributed by atoms with Crippen molar-refractivity contribution in [2.45, 2.75) is 45.8 Å². The van der Waals surface area contributed by atoms with Crippen molar-refractivity contribution in [1.29, 1.82) is 0 Å². The Morgan fingerprint density at radius 1 is 1.24 bits per heavy atom. The molecule has 2 aliphatic rings. The van der Waals surface area contributed by atoms with Crippen LogP contribution in [0.25, 0.3) is 0 Å². The zero-order chi connectivity index (χ0) is 24.0. The molecule has 3 heterocycles. The van der Waals surface area contributed by atoms with Gasteiger partial charge in [-0.25, -0.2) is 9.78 Å². The Kier molecular flexibility index (Phi) is 5.48. The van der Waals surface area contributed by atoms with E-state index in [2.05, 4.69) is 23.3 Å². The van der Waals surface area contributed by atoms with E-state index in [1.807, 2.05) is 43.0 Å². The zero-order valence-electron chi connectivity index (χ0n) is 19.5. The Morgan fingerprint density at radius 2 is 2.03 bits per heavy atom. The minimum atomic E-state index is -1.08. The number of aromatic nitrogens is 1. The van der Waals surface area contributed by atoms with Crippen LogP contribution in [0.2, 0.25) is 0 Å². The maximum Gasteiger partial charge on any atom is 0.356 e. The van der Waals surface area contributed by atoms with Gasteiger partial charge in [0.15, 0.2) is 5.69 Å². The van der Waals surface area contributed by atoms with Gasteiger partial charge in [0.1, 0.15) is 12.4 Å². The van der Waals surface area contributed by atoms with Crippen molar-refractivity contribution in [1.82, 2.24) is 9.88 Å². The summed E-state index contributed by atoms with van der Waals surface area (Å²) in [5, 5.41) is 12.9. The number of aromatic carboxylic acids is 1. The SMILES string of the molecule is Cc1cc2c(c(C(C)Nc3cccnc3C(=O)O)c1C)CN(C1COc3ccccc3C1)C2=O. The number of aryl methyl sites for hydroxylation is 1. The predicted molar refractivity (Wildman–Crippen MR) is 128 cm³/mol. The number of amides is 1. The number of carbonyl (C=O) groups excluding carboxylic acids is 1. The van der Waals surface area contributed by atoms with E-state index in [0.29, 0.717) is 18.8 Å². The molecule has 174 valence electrons. The number of hydrogen-bond acceptors (Lipinski definition) is 5. The minimum Gasteiger partial charge on any atom is -0.491 e. The fourth-order valence-corrected chi connectivity index (χ4v) is 5.14. The monoisotopic (exact) mass is 457 g/mol. The van der Waals surface area contributed by atoms with Crippen LogP contribution < -0.4 is 10.1 Å². The molecule has 0 spiro atoms. The summed E-state index contributed by atoms with van der Waals surface area (Å²) < 4.78 is 5.97. The first-order chi connectivity index (χ1) is 16.3. The smallest absolute Gasteiger partial charge is 0.356 e. The lowest BCUT2D eigenvalue weighted by atomic mass is 9.90. The molecular formula is C27H27N3O4. The first kappa shape index (κ1) is 21.9. The van der Waals surface area contributed by atoms with Crippen LogP contribution >= 0.6 is 0 Å². The van der Waals surface area contributed by atoms with Crippen molar-refractivity contribution in [3.05, 3.63) is 87.7 Å². The summed E-state index contributed by atoms with van der Waals surface area (Å²) in [5.74, 6) is -0.175.